The van der Waals surface area contributed by atoms with Crippen molar-refractivity contribution in [3.8, 4) is 11.8 Å². The Labute approximate surface area is 174 Å². The van der Waals surface area contributed by atoms with E-state index in [2.05, 4.69) is 26.5 Å². The van der Waals surface area contributed by atoms with Gasteiger partial charge in [0.15, 0.2) is 5.65 Å². The Balaban J connectivity index is 1.84. The van der Waals surface area contributed by atoms with Crippen molar-refractivity contribution in [2.24, 2.45) is 0 Å². The second-order valence-electron chi connectivity index (χ2n) is 7.21. The van der Waals surface area contributed by atoms with Gasteiger partial charge >= 0.3 is 0 Å². The van der Waals surface area contributed by atoms with E-state index in [0.29, 0.717) is 39.2 Å². The molecule has 0 fully saturated rings. The summed E-state index contributed by atoms with van der Waals surface area (Å²) in [5.41, 5.74) is 6.28. The summed E-state index contributed by atoms with van der Waals surface area (Å²) in [5.74, 6) is -0.229. The van der Waals surface area contributed by atoms with Gasteiger partial charge in [-0.25, -0.2) is 9.67 Å². The Bertz CT molecular complexity index is 1310. The molecule has 0 bridgehead atoms. The van der Waals surface area contributed by atoms with Gasteiger partial charge in [-0.05, 0) is 69.7 Å². The number of anilines is 1. The van der Waals surface area contributed by atoms with Crippen LogP contribution in [0.25, 0.3) is 16.7 Å². The molecule has 0 spiro atoms. The average molecular weight is 396 g/mol. The molecule has 0 aliphatic heterocycles. The van der Waals surface area contributed by atoms with E-state index in [4.69, 9.17) is 5.26 Å². The highest BCUT2D eigenvalue weighted by atomic mass is 16.1. The minimum atomic E-state index is -0.229. The van der Waals surface area contributed by atoms with Crippen molar-refractivity contribution in [1.29, 1.82) is 5.26 Å². The van der Waals surface area contributed by atoms with Crippen LogP contribution in [-0.2, 0) is 0 Å². The van der Waals surface area contributed by atoms with Gasteiger partial charge in [-0.15, -0.1) is 0 Å². The molecule has 4 rings (SSSR count). The third-order valence-electron chi connectivity index (χ3n) is 5.01. The minimum absolute atomic E-state index is 0.229. The number of nitriles is 1. The van der Waals surface area contributed by atoms with Crippen LogP contribution in [0.3, 0.4) is 0 Å². The second kappa shape index (κ2) is 7.41. The number of pyridine rings is 2. The zero-order valence-electron chi connectivity index (χ0n) is 17.2. The maximum absolute atomic E-state index is 13.2. The van der Waals surface area contributed by atoms with Crippen LogP contribution in [0, 0.1) is 39.0 Å². The number of amides is 1. The highest BCUT2D eigenvalue weighted by molar-refractivity contribution is 6.13. The van der Waals surface area contributed by atoms with E-state index in [1.807, 2.05) is 45.9 Å². The predicted molar refractivity (Wildman–Crippen MR) is 115 cm³/mol. The summed E-state index contributed by atoms with van der Waals surface area (Å²) in [7, 11) is 0. The monoisotopic (exact) mass is 396 g/mol. The standard InChI is InChI=1S/C23H20N6O/c1-13-9-10-25-16(4)21(13)27-23(30)19-11-14(2)26-22-20(19)15(3)28-29(22)18-7-5-17(12-24)6-8-18/h5-11H,1-4H3,(H,27,30). The Morgan fingerprint density at radius 3 is 2.47 bits per heavy atom. The maximum atomic E-state index is 13.2. The lowest BCUT2D eigenvalue weighted by molar-refractivity contribution is 0.102. The molecule has 0 atom stereocenters. The van der Waals surface area contributed by atoms with Crippen LogP contribution in [0.5, 0.6) is 0 Å². The molecule has 0 radical (unpaired) electrons. The highest BCUT2D eigenvalue weighted by Gasteiger charge is 2.20. The largest absolute Gasteiger partial charge is 0.320 e. The number of fused-ring (bicyclic) bond motifs is 1. The average Bonchev–Trinajstić information content (AvgIpc) is 3.06. The first kappa shape index (κ1) is 19.3. The van der Waals surface area contributed by atoms with Crippen molar-refractivity contribution < 1.29 is 4.79 Å². The lowest BCUT2D eigenvalue weighted by Crippen LogP contribution is -2.15. The van der Waals surface area contributed by atoms with Gasteiger partial charge in [0, 0.05) is 11.9 Å². The number of nitrogens with one attached hydrogen (secondary N) is 1. The lowest BCUT2D eigenvalue weighted by atomic mass is 10.1. The molecule has 3 heterocycles. The van der Waals surface area contributed by atoms with Crippen molar-refractivity contribution in [1.82, 2.24) is 19.7 Å². The van der Waals surface area contributed by atoms with Crippen molar-refractivity contribution in [2.45, 2.75) is 27.7 Å². The summed E-state index contributed by atoms with van der Waals surface area (Å²) in [5, 5.41) is 17.4. The minimum Gasteiger partial charge on any atom is -0.320 e. The molecule has 7 nitrogen and oxygen atoms in total. The molecule has 148 valence electrons. The van der Waals surface area contributed by atoms with Gasteiger partial charge in [0.2, 0.25) is 0 Å². The molecule has 4 aromatic rings. The number of carbonyl (C=O) groups excluding carboxylic acids is 1. The van der Waals surface area contributed by atoms with Crippen molar-refractivity contribution in [3.63, 3.8) is 0 Å². The molecule has 0 saturated heterocycles. The summed E-state index contributed by atoms with van der Waals surface area (Å²) in [6.45, 7) is 7.51. The van der Waals surface area contributed by atoms with Gasteiger partial charge in [0.05, 0.1) is 45.3 Å². The summed E-state index contributed by atoms with van der Waals surface area (Å²) in [6.07, 6.45) is 1.72. The molecule has 0 aliphatic rings. The van der Waals surface area contributed by atoms with Crippen LogP contribution >= 0.6 is 0 Å². The fourth-order valence-corrected chi connectivity index (χ4v) is 3.51. The quantitative estimate of drug-likeness (QED) is 0.560. The van der Waals surface area contributed by atoms with Crippen molar-refractivity contribution >= 4 is 22.6 Å². The van der Waals surface area contributed by atoms with E-state index in [1.165, 1.54) is 0 Å². The molecule has 0 aliphatic carbocycles. The summed E-state index contributed by atoms with van der Waals surface area (Å²) < 4.78 is 1.70. The van der Waals surface area contributed by atoms with E-state index in [0.717, 1.165) is 16.9 Å². The van der Waals surface area contributed by atoms with E-state index in [1.54, 1.807) is 29.1 Å². The number of aromatic nitrogens is 4. The fourth-order valence-electron chi connectivity index (χ4n) is 3.51. The highest BCUT2D eigenvalue weighted by Crippen LogP contribution is 2.26. The van der Waals surface area contributed by atoms with Crippen LogP contribution in [-0.4, -0.2) is 25.7 Å². The van der Waals surface area contributed by atoms with Gasteiger partial charge in [0.25, 0.3) is 5.91 Å². The van der Waals surface area contributed by atoms with Crippen LogP contribution in [0.15, 0.2) is 42.6 Å². The Kier molecular flexibility index (Phi) is 4.76. The third-order valence-corrected chi connectivity index (χ3v) is 5.01. The lowest BCUT2D eigenvalue weighted by Gasteiger charge is -2.12. The molecular formula is C23H20N6O. The Morgan fingerprint density at radius 1 is 1.07 bits per heavy atom. The number of rotatable bonds is 3. The van der Waals surface area contributed by atoms with Crippen LogP contribution in [0.1, 0.15) is 38.6 Å². The van der Waals surface area contributed by atoms with Crippen LogP contribution in [0.2, 0.25) is 0 Å². The molecule has 3 aromatic heterocycles. The first-order chi connectivity index (χ1) is 14.4. The Morgan fingerprint density at radius 2 is 1.80 bits per heavy atom. The van der Waals surface area contributed by atoms with E-state index in [-0.39, 0.29) is 5.91 Å². The summed E-state index contributed by atoms with van der Waals surface area (Å²) in [4.78, 5) is 22.1. The number of hydrogen-bond donors (Lipinski definition) is 1. The van der Waals surface area contributed by atoms with E-state index < -0.39 is 0 Å². The first-order valence-electron chi connectivity index (χ1n) is 9.50. The topological polar surface area (TPSA) is 96.5 Å². The van der Waals surface area contributed by atoms with Gasteiger partial charge in [0.1, 0.15) is 0 Å². The molecule has 0 unspecified atom stereocenters. The molecule has 1 aromatic carbocycles. The summed E-state index contributed by atoms with van der Waals surface area (Å²) >= 11 is 0. The Hall–Kier alpha value is -4.05. The first-order valence-corrected chi connectivity index (χ1v) is 9.50. The third kappa shape index (κ3) is 3.29. The number of hydrogen-bond acceptors (Lipinski definition) is 5. The van der Waals surface area contributed by atoms with Crippen molar-refractivity contribution in [3.05, 3.63) is 76.4 Å². The van der Waals surface area contributed by atoms with Gasteiger partial charge in [-0.3, -0.25) is 9.78 Å². The number of aryl methyl sites for hydroxylation is 4. The zero-order valence-corrected chi connectivity index (χ0v) is 17.2. The van der Waals surface area contributed by atoms with Crippen LogP contribution in [0.4, 0.5) is 5.69 Å². The molecule has 30 heavy (non-hydrogen) atoms. The summed E-state index contributed by atoms with van der Waals surface area (Å²) in [6, 6.07) is 12.8. The smallest absolute Gasteiger partial charge is 0.256 e. The van der Waals surface area contributed by atoms with E-state index >= 15 is 0 Å². The van der Waals surface area contributed by atoms with Crippen molar-refractivity contribution in [2.75, 3.05) is 5.32 Å². The number of benzene rings is 1. The van der Waals surface area contributed by atoms with Gasteiger partial charge in [-0.1, -0.05) is 0 Å². The molecule has 7 heteroatoms. The van der Waals surface area contributed by atoms with Gasteiger partial charge < -0.3 is 5.32 Å². The normalized spacial score (nSPS) is 10.8. The van der Waals surface area contributed by atoms with Crippen LogP contribution < -0.4 is 5.32 Å². The molecular weight excluding hydrogens is 376 g/mol. The number of nitrogens with zero attached hydrogens (tertiary/aromatic N) is 5. The van der Waals surface area contributed by atoms with E-state index in [9.17, 15) is 4.79 Å². The zero-order chi connectivity index (χ0) is 21.4. The predicted octanol–water partition coefficient (Wildman–Crippen LogP) is 4.17. The molecule has 0 saturated carbocycles. The molecule has 1 N–H and O–H groups in total. The maximum Gasteiger partial charge on any atom is 0.256 e. The molecule has 1 amide bonds. The fraction of sp³-hybridized carbons (Fsp3) is 0.174. The number of carbonyl (C=O) groups is 1. The second-order valence-corrected chi connectivity index (χ2v) is 7.21. The van der Waals surface area contributed by atoms with Gasteiger partial charge in [-0.2, -0.15) is 10.4 Å². The SMILES string of the molecule is Cc1cc(C(=O)Nc2c(C)ccnc2C)c2c(C)nn(-c3ccc(C#N)cc3)c2n1.